The van der Waals surface area contributed by atoms with Gasteiger partial charge in [0.1, 0.15) is 23.7 Å². The van der Waals surface area contributed by atoms with Crippen LogP contribution in [0.25, 0.3) is 0 Å². The fourth-order valence-electron chi connectivity index (χ4n) is 4.46. The van der Waals surface area contributed by atoms with Gasteiger partial charge in [-0.3, -0.25) is 19.2 Å². The van der Waals surface area contributed by atoms with Crippen LogP contribution in [0.3, 0.4) is 0 Å². The van der Waals surface area contributed by atoms with Gasteiger partial charge in [-0.15, -0.1) is 0 Å². The first kappa shape index (κ1) is 30.4. The van der Waals surface area contributed by atoms with E-state index in [2.05, 4.69) is 21.3 Å². The Morgan fingerprint density at radius 1 is 0.973 bits per heavy atom. The van der Waals surface area contributed by atoms with Gasteiger partial charge < -0.3 is 31.7 Å². The van der Waals surface area contributed by atoms with Crippen molar-refractivity contribution in [2.45, 2.75) is 117 Å². The third-order valence-corrected chi connectivity index (χ3v) is 6.46. The second kappa shape index (κ2) is 11.3. The Bertz CT molecular complexity index is 900. The van der Waals surface area contributed by atoms with Gasteiger partial charge in [0.2, 0.25) is 23.6 Å². The van der Waals surface area contributed by atoms with Gasteiger partial charge in [0.05, 0.1) is 0 Å². The Morgan fingerprint density at radius 3 is 1.97 bits per heavy atom. The smallest absolute Gasteiger partial charge is 0.408 e. The van der Waals surface area contributed by atoms with Crippen molar-refractivity contribution >= 4 is 29.7 Å². The topological polar surface area (TPSA) is 169 Å². The Hall–Kier alpha value is -2.85. The standard InChI is InChI=1S/C26H45N5O6/c1-24(2,3)18(30-23(36)37-25(4,5)6)22(35)29-17(11-14-9-10-14)21(34)28-16(19(27)32)12-15-13-26(7,8)31-20(15)33/h14-18H,9-13H2,1-8H3,(H2,27,32)(H,28,34)(H,29,35)(H,30,36)(H,31,33)/t15-,16+,17+,18-/m1/s1. The second-order valence-corrected chi connectivity index (χ2v) is 13.2. The van der Waals surface area contributed by atoms with Crippen molar-refractivity contribution in [1.82, 2.24) is 21.3 Å². The summed E-state index contributed by atoms with van der Waals surface area (Å²) in [5.41, 5.74) is 3.74. The van der Waals surface area contributed by atoms with Gasteiger partial charge in [-0.2, -0.15) is 0 Å². The van der Waals surface area contributed by atoms with E-state index in [-0.39, 0.29) is 18.2 Å². The van der Waals surface area contributed by atoms with Gasteiger partial charge in [-0.25, -0.2) is 4.79 Å². The van der Waals surface area contributed by atoms with Gasteiger partial charge in [0.25, 0.3) is 0 Å². The van der Waals surface area contributed by atoms with Crippen molar-refractivity contribution in [2.75, 3.05) is 0 Å². The minimum atomic E-state index is -1.06. The number of alkyl carbamates (subject to hydrolysis) is 1. The Labute approximate surface area is 219 Å². The molecule has 0 aromatic heterocycles. The van der Waals surface area contributed by atoms with Crippen LogP contribution in [-0.2, 0) is 23.9 Å². The summed E-state index contributed by atoms with van der Waals surface area (Å²) >= 11 is 0. The van der Waals surface area contributed by atoms with Crippen LogP contribution < -0.4 is 27.0 Å². The highest BCUT2D eigenvalue weighted by Crippen LogP contribution is 2.34. The Kier molecular flexibility index (Phi) is 9.25. The number of ether oxygens (including phenoxy) is 1. The molecule has 2 aliphatic rings. The van der Waals surface area contributed by atoms with Crippen LogP contribution in [0.2, 0.25) is 0 Å². The number of hydrogen-bond acceptors (Lipinski definition) is 6. The molecule has 0 spiro atoms. The molecular formula is C26H45N5O6. The summed E-state index contributed by atoms with van der Waals surface area (Å²) in [6.45, 7) is 14.3. The maximum atomic E-state index is 13.3. The molecule has 11 heteroatoms. The number of carbonyl (C=O) groups is 5. The van der Waals surface area contributed by atoms with Crippen LogP contribution in [0.5, 0.6) is 0 Å². The number of nitrogens with two attached hydrogens (primary N) is 1. The normalized spacial score (nSPS) is 21.7. The van der Waals surface area contributed by atoms with Crippen molar-refractivity contribution in [3.63, 3.8) is 0 Å². The maximum Gasteiger partial charge on any atom is 0.408 e. The number of nitrogens with one attached hydrogen (secondary N) is 4. The van der Waals surface area contributed by atoms with Crippen molar-refractivity contribution in [1.29, 1.82) is 0 Å². The highest BCUT2D eigenvalue weighted by atomic mass is 16.6. The molecule has 0 aromatic carbocycles. The lowest BCUT2D eigenvalue weighted by molar-refractivity contribution is -0.133. The van der Waals surface area contributed by atoms with Gasteiger partial charge in [0.15, 0.2) is 0 Å². The molecule has 0 radical (unpaired) electrons. The highest BCUT2D eigenvalue weighted by Gasteiger charge is 2.41. The lowest BCUT2D eigenvalue weighted by atomic mass is 9.86. The predicted octanol–water partition coefficient (Wildman–Crippen LogP) is 1.49. The summed E-state index contributed by atoms with van der Waals surface area (Å²) < 4.78 is 5.31. The van der Waals surface area contributed by atoms with E-state index in [1.807, 2.05) is 13.8 Å². The lowest BCUT2D eigenvalue weighted by Crippen LogP contribution is -2.59. The fraction of sp³-hybridized carbons (Fsp3) is 0.808. The zero-order chi connectivity index (χ0) is 28.3. The van der Waals surface area contributed by atoms with E-state index in [1.165, 1.54) is 0 Å². The summed E-state index contributed by atoms with van der Waals surface area (Å²) in [6, 6.07) is -2.97. The molecule has 0 aromatic rings. The molecule has 1 aliphatic heterocycles. The first-order valence-corrected chi connectivity index (χ1v) is 13.0. The van der Waals surface area contributed by atoms with E-state index >= 15 is 0 Å². The molecule has 1 saturated carbocycles. The molecule has 11 nitrogen and oxygen atoms in total. The number of hydrogen-bond donors (Lipinski definition) is 5. The molecule has 1 heterocycles. The molecule has 1 saturated heterocycles. The SMILES string of the molecule is CC1(C)C[C@@H](C[C@H](NC(=O)[C@H](CC2CC2)NC(=O)[C@@H](NC(=O)OC(C)(C)C)C(C)(C)C)C(N)=O)C(=O)N1. The van der Waals surface area contributed by atoms with E-state index in [0.29, 0.717) is 12.8 Å². The van der Waals surface area contributed by atoms with Crippen LogP contribution in [0, 0.1) is 17.3 Å². The van der Waals surface area contributed by atoms with Gasteiger partial charge in [0, 0.05) is 11.5 Å². The van der Waals surface area contributed by atoms with Gasteiger partial charge in [-0.05, 0) is 65.2 Å². The molecule has 37 heavy (non-hydrogen) atoms. The molecule has 210 valence electrons. The average molecular weight is 524 g/mol. The molecule has 2 fully saturated rings. The molecule has 6 N–H and O–H groups in total. The first-order chi connectivity index (χ1) is 16.8. The molecule has 1 aliphatic carbocycles. The minimum Gasteiger partial charge on any atom is -0.444 e. The number of rotatable bonds is 10. The van der Waals surface area contributed by atoms with E-state index in [9.17, 15) is 24.0 Å². The number of carbonyl (C=O) groups excluding carboxylic acids is 5. The monoisotopic (exact) mass is 523 g/mol. The molecule has 0 bridgehead atoms. The van der Waals surface area contributed by atoms with E-state index in [1.54, 1.807) is 41.5 Å². The molecule has 2 rings (SSSR count). The second-order valence-electron chi connectivity index (χ2n) is 13.2. The van der Waals surface area contributed by atoms with Gasteiger partial charge in [-0.1, -0.05) is 33.6 Å². The van der Waals surface area contributed by atoms with E-state index < -0.39 is 64.4 Å². The third kappa shape index (κ3) is 9.85. The van der Waals surface area contributed by atoms with E-state index in [0.717, 1.165) is 12.8 Å². The predicted molar refractivity (Wildman–Crippen MR) is 138 cm³/mol. The Balaban J connectivity index is 2.13. The summed E-state index contributed by atoms with van der Waals surface area (Å²) in [6.07, 6.45) is 2.12. The zero-order valence-electron chi connectivity index (χ0n) is 23.4. The zero-order valence-corrected chi connectivity index (χ0v) is 23.4. The van der Waals surface area contributed by atoms with Crippen LogP contribution in [-0.4, -0.2) is 59.0 Å². The molecular weight excluding hydrogens is 478 g/mol. The molecule has 4 atom stereocenters. The number of primary amides is 1. The van der Waals surface area contributed by atoms with Crippen LogP contribution in [0.1, 0.15) is 87.5 Å². The minimum absolute atomic E-state index is 0.0747. The maximum absolute atomic E-state index is 13.3. The quantitative estimate of drug-likeness (QED) is 0.291. The lowest BCUT2D eigenvalue weighted by Gasteiger charge is -2.32. The summed E-state index contributed by atoms with van der Waals surface area (Å²) in [5, 5.41) is 10.9. The van der Waals surface area contributed by atoms with Crippen LogP contribution >= 0.6 is 0 Å². The van der Waals surface area contributed by atoms with Crippen molar-refractivity contribution < 1.29 is 28.7 Å². The van der Waals surface area contributed by atoms with Crippen LogP contribution in [0.4, 0.5) is 4.79 Å². The van der Waals surface area contributed by atoms with E-state index in [4.69, 9.17) is 10.5 Å². The third-order valence-electron chi connectivity index (χ3n) is 6.46. The van der Waals surface area contributed by atoms with Crippen molar-refractivity contribution in [3.05, 3.63) is 0 Å². The van der Waals surface area contributed by atoms with Crippen molar-refractivity contribution in [2.24, 2.45) is 23.0 Å². The molecule has 0 unspecified atom stereocenters. The largest absolute Gasteiger partial charge is 0.444 e. The Morgan fingerprint density at radius 2 is 1.54 bits per heavy atom. The van der Waals surface area contributed by atoms with Crippen molar-refractivity contribution in [3.8, 4) is 0 Å². The number of amides is 5. The highest BCUT2D eigenvalue weighted by molar-refractivity contribution is 5.94. The summed E-state index contributed by atoms with van der Waals surface area (Å²) in [7, 11) is 0. The van der Waals surface area contributed by atoms with Gasteiger partial charge >= 0.3 is 6.09 Å². The average Bonchev–Trinajstić information content (AvgIpc) is 3.46. The first-order valence-electron chi connectivity index (χ1n) is 13.0. The van der Waals surface area contributed by atoms with Crippen LogP contribution in [0.15, 0.2) is 0 Å². The summed E-state index contributed by atoms with van der Waals surface area (Å²) in [4.78, 5) is 63.5. The summed E-state index contributed by atoms with van der Waals surface area (Å²) in [5.74, 6) is -2.21. The molecule has 5 amide bonds. The fourth-order valence-corrected chi connectivity index (χ4v) is 4.46.